The Kier molecular flexibility index (Phi) is 25.3. The van der Waals surface area contributed by atoms with E-state index in [2.05, 4.69) is 34.4 Å². The topological polar surface area (TPSA) is 286 Å². The molecule has 2 aromatic carbocycles. The van der Waals surface area contributed by atoms with Crippen LogP contribution in [0.4, 0.5) is 5.69 Å². The summed E-state index contributed by atoms with van der Waals surface area (Å²) in [5.74, 6) is -6.21. The van der Waals surface area contributed by atoms with Crippen molar-refractivity contribution in [1.29, 1.82) is 0 Å². The molecule has 2 amide bonds. The molecule has 1 aliphatic heterocycles. The lowest BCUT2D eigenvalue weighted by atomic mass is 9.85. The largest absolute Gasteiger partial charge is 0.451 e. The summed E-state index contributed by atoms with van der Waals surface area (Å²) in [6, 6.07) is 14.6. The molecule has 1 saturated carbocycles. The van der Waals surface area contributed by atoms with E-state index in [1.165, 1.54) is 20.8 Å². The van der Waals surface area contributed by atoms with E-state index in [-0.39, 0.29) is 67.9 Å². The molecule has 0 spiro atoms. The normalized spacial score (nSPS) is 18.7. The van der Waals surface area contributed by atoms with Gasteiger partial charge in [-0.1, -0.05) is 56.3 Å². The number of aryl methyl sites for hydroxylation is 2. The molecule has 1 fully saturated rings. The number of H-pyrrole nitrogens is 1. The number of nitrogens with one attached hydrogen (secondary N) is 3. The number of aromatic nitrogens is 1. The number of hydrogen-bond acceptors (Lipinski definition) is 17. The molecule has 80 heavy (non-hydrogen) atoms. The number of aromatic amines is 1. The standard InChI is InChI=1S/C60H80N4O16/c1-8-64(9-2)32-31-61-57(72)55-36(3)49(62-37(55)4)34-47-46-33-43(28-30-48(46)63-56(47)71)79-53(69)24-18-17-23-52(68)76-38(5)58(73)77-39(6)59(74)78-40(7)60(75)80-54(70)22-16-11-10-15-21-44-45(51(67)35-50(44)66)29-27-42(65)26-25-41-19-13-12-14-20-41/h10,12-15,19-20,28,30,33-34,38-40,42,44-45,50-51,62,65-67H,8-9,11,16-18,21-27,29,31-32,35H2,1-7H3,(H,61,72)(H,63,71)/b15-10-,47-34-/t38?,39?,40?,42-,44+,45+,50-,51+/m1/s1. The fourth-order valence-electron chi connectivity index (χ4n) is 9.79. The van der Waals surface area contributed by atoms with Crippen LogP contribution in [0.5, 0.6) is 5.75 Å². The van der Waals surface area contributed by atoms with Crippen LogP contribution in [-0.2, 0) is 58.9 Å². The average Bonchev–Trinajstić information content (AvgIpc) is 4.00. The second kappa shape index (κ2) is 31.7. The first kappa shape index (κ1) is 63.8. The number of carbonyl (C=O) groups excluding carboxylic acids is 8. The van der Waals surface area contributed by atoms with Gasteiger partial charge in [0.2, 0.25) is 0 Å². The van der Waals surface area contributed by atoms with E-state index in [4.69, 9.17) is 23.7 Å². The van der Waals surface area contributed by atoms with E-state index < -0.39 is 72.4 Å². The van der Waals surface area contributed by atoms with Gasteiger partial charge >= 0.3 is 35.8 Å². The number of nitrogens with zero attached hydrogens (tertiary/aromatic N) is 1. The van der Waals surface area contributed by atoms with Gasteiger partial charge < -0.3 is 59.5 Å². The zero-order valence-corrected chi connectivity index (χ0v) is 47.1. The summed E-state index contributed by atoms with van der Waals surface area (Å²) >= 11 is 0. The number of rotatable bonds is 31. The lowest BCUT2D eigenvalue weighted by Crippen LogP contribution is -2.36. The summed E-state index contributed by atoms with van der Waals surface area (Å²) in [6.45, 7) is 14.3. The Hall–Kier alpha value is -7.00. The highest BCUT2D eigenvalue weighted by Crippen LogP contribution is 2.39. The second-order valence-corrected chi connectivity index (χ2v) is 20.5. The summed E-state index contributed by atoms with van der Waals surface area (Å²) in [5.41, 5.74) is 4.92. The minimum atomic E-state index is -1.52. The molecule has 20 heteroatoms. The number of fused-ring (bicyclic) bond motifs is 1. The number of aliphatic hydroxyl groups is 3. The number of esters is 6. The van der Waals surface area contributed by atoms with Crippen molar-refractivity contribution in [3.05, 3.63) is 94.3 Å². The molecule has 0 bridgehead atoms. The Balaban J connectivity index is 0.944. The first-order valence-electron chi connectivity index (χ1n) is 27.8. The fourth-order valence-corrected chi connectivity index (χ4v) is 9.79. The SMILES string of the molecule is CCN(CC)CCNC(=O)c1c(C)[nH]c(/C=C2\C(=O)Nc3ccc(OC(=O)CCCCC(=O)OC(C)C(=O)OC(C)C(=O)OC(C)C(=O)OC(=O)CCC/C=C\C[C@H]4[C@H](CC[C@H](O)CCc5ccccc5)[C@@H](O)C[C@H]4O)cc32)c1C. The number of amides is 2. The van der Waals surface area contributed by atoms with E-state index >= 15 is 0 Å². The molecule has 6 N–H and O–H groups in total. The summed E-state index contributed by atoms with van der Waals surface area (Å²) in [6.07, 6.45) is 3.28. The molecule has 1 aliphatic carbocycles. The molecule has 3 aromatic rings. The van der Waals surface area contributed by atoms with Crippen LogP contribution in [0.3, 0.4) is 0 Å². The maximum atomic E-state index is 13.1. The number of anilines is 1. The molecule has 2 heterocycles. The van der Waals surface area contributed by atoms with Crippen LogP contribution in [0.25, 0.3) is 11.6 Å². The van der Waals surface area contributed by atoms with Crippen molar-refractivity contribution in [3.63, 3.8) is 0 Å². The quantitative estimate of drug-likeness (QED) is 0.00737. The highest BCUT2D eigenvalue weighted by Gasteiger charge is 2.41. The van der Waals surface area contributed by atoms with Gasteiger partial charge in [-0.05, 0) is 159 Å². The van der Waals surface area contributed by atoms with Crippen molar-refractivity contribution in [3.8, 4) is 5.75 Å². The zero-order valence-electron chi connectivity index (χ0n) is 47.1. The van der Waals surface area contributed by atoms with Crippen LogP contribution >= 0.6 is 0 Å². The number of ether oxygens (including phenoxy) is 5. The third-order valence-corrected chi connectivity index (χ3v) is 14.5. The number of aliphatic hydroxyl groups excluding tert-OH is 3. The summed E-state index contributed by atoms with van der Waals surface area (Å²) in [4.78, 5) is 107. The minimum absolute atomic E-state index is 0.0626. The van der Waals surface area contributed by atoms with Crippen molar-refractivity contribution in [2.75, 3.05) is 31.5 Å². The third kappa shape index (κ3) is 19.4. The molecule has 20 nitrogen and oxygen atoms in total. The first-order valence-corrected chi connectivity index (χ1v) is 27.8. The fraction of sp³-hybridized carbons (Fsp3) is 0.533. The van der Waals surface area contributed by atoms with Crippen molar-refractivity contribution in [1.82, 2.24) is 15.2 Å². The molecular weight excluding hydrogens is 1030 g/mol. The Labute approximate surface area is 468 Å². The van der Waals surface area contributed by atoms with Gasteiger partial charge in [0.1, 0.15) is 5.75 Å². The van der Waals surface area contributed by atoms with E-state index in [0.717, 1.165) is 31.6 Å². The molecule has 3 unspecified atom stereocenters. The number of allylic oxidation sites excluding steroid dienone is 2. The molecule has 5 rings (SSSR count). The van der Waals surface area contributed by atoms with Crippen LogP contribution in [0.2, 0.25) is 0 Å². The van der Waals surface area contributed by atoms with Crippen LogP contribution in [0.1, 0.15) is 150 Å². The Bertz CT molecular complexity index is 2680. The van der Waals surface area contributed by atoms with Gasteiger partial charge in [-0.3, -0.25) is 24.0 Å². The number of benzene rings is 2. The zero-order chi connectivity index (χ0) is 58.5. The van der Waals surface area contributed by atoms with E-state index in [0.29, 0.717) is 84.4 Å². The van der Waals surface area contributed by atoms with Crippen LogP contribution < -0.4 is 15.4 Å². The van der Waals surface area contributed by atoms with Crippen molar-refractivity contribution >= 4 is 65.0 Å². The summed E-state index contributed by atoms with van der Waals surface area (Å²) < 4.78 is 25.7. The molecule has 436 valence electrons. The van der Waals surface area contributed by atoms with Gasteiger partial charge in [-0.15, -0.1) is 0 Å². The molecule has 2 aliphatic rings. The highest BCUT2D eigenvalue weighted by molar-refractivity contribution is 6.35. The number of likely N-dealkylation sites (N-methyl/N-ethyl adjacent to an activating group) is 1. The smallest absolute Gasteiger partial charge is 0.354 e. The van der Waals surface area contributed by atoms with Crippen molar-refractivity contribution < 1.29 is 77.4 Å². The molecule has 8 atom stereocenters. The van der Waals surface area contributed by atoms with Crippen molar-refractivity contribution in [2.24, 2.45) is 11.8 Å². The third-order valence-electron chi connectivity index (χ3n) is 14.5. The minimum Gasteiger partial charge on any atom is -0.451 e. The van der Waals surface area contributed by atoms with Crippen molar-refractivity contribution in [2.45, 2.75) is 169 Å². The molecule has 0 radical (unpaired) electrons. The van der Waals surface area contributed by atoms with Gasteiger partial charge in [0.15, 0.2) is 18.3 Å². The molecular formula is C60H80N4O16. The van der Waals surface area contributed by atoms with Crippen LogP contribution in [0, 0.1) is 25.7 Å². The van der Waals surface area contributed by atoms with Gasteiger partial charge in [0.25, 0.3) is 11.8 Å². The summed E-state index contributed by atoms with van der Waals surface area (Å²) in [7, 11) is 0. The number of hydrogen-bond donors (Lipinski definition) is 6. The van der Waals surface area contributed by atoms with Crippen LogP contribution in [0.15, 0.2) is 60.7 Å². The number of unbranched alkanes of at least 4 members (excludes halogenated alkanes) is 2. The van der Waals surface area contributed by atoms with E-state index in [1.54, 1.807) is 38.1 Å². The lowest BCUT2D eigenvalue weighted by molar-refractivity contribution is -0.183. The van der Waals surface area contributed by atoms with Gasteiger partial charge in [0, 0.05) is 55.0 Å². The monoisotopic (exact) mass is 1110 g/mol. The molecule has 0 saturated heterocycles. The highest BCUT2D eigenvalue weighted by atomic mass is 16.6. The van der Waals surface area contributed by atoms with Gasteiger partial charge in [0.05, 0.1) is 29.4 Å². The van der Waals surface area contributed by atoms with E-state index in [1.807, 2.05) is 42.5 Å². The van der Waals surface area contributed by atoms with Gasteiger partial charge in [-0.2, -0.15) is 0 Å². The van der Waals surface area contributed by atoms with E-state index in [9.17, 15) is 53.7 Å². The maximum absolute atomic E-state index is 13.1. The predicted molar refractivity (Wildman–Crippen MR) is 296 cm³/mol. The Morgan fingerprint density at radius 1 is 0.775 bits per heavy atom. The second-order valence-electron chi connectivity index (χ2n) is 20.5. The number of carbonyl (C=O) groups is 8. The Morgan fingerprint density at radius 3 is 2.10 bits per heavy atom. The maximum Gasteiger partial charge on any atom is 0.354 e. The van der Waals surface area contributed by atoms with Gasteiger partial charge in [-0.25, -0.2) is 14.4 Å². The molecule has 1 aromatic heterocycles. The summed E-state index contributed by atoms with van der Waals surface area (Å²) in [5, 5.41) is 37.6. The average molecular weight is 1110 g/mol. The lowest BCUT2D eigenvalue weighted by Gasteiger charge is -2.23. The predicted octanol–water partition coefficient (Wildman–Crippen LogP) is 6.77. The first-order chi connectivity index (χ1) is 38.2. The van der Waals surface area contributed by atoms with Crippen LogP contribution in [-0.4, -0.2) is 136 Å². The Morgan fingerprint density at radius 2 is 1.41 bits per heavy atom.